The van der Waals surface area contributed by atoms with Crippen LogP contribution in [0.25, 0.3) is 0 Å². The van der Waals surface area contributed by atoms with Crippen molar-refractivity contribution in [3.8, 4) is 0 Å². The van der Waals surface area contributed by atoms with Gasteiger partial charge in [0.25, 0.3) is 0 Å². The van der Waals surface area contributed by atoms with Gasteiger partial charge in [0.05, 0.1) is 17.6 Å². The number of likely N-dealkylation sites (tertiary alicyclic amines) is 1. The zero-order valence-electron chi connectivity index (χ0n) is 19.7. The highest BCUT2D eigenvalue weighted by Gasteiger charge is 2.47. The van der Waals surface area contributed by atoms with Crippen LogP contribution in [0.3, 0.4) is 0 Å². The van der Waals surface area contributed by atoms with Gasteiger partial charge in [0.1, 0.15) is 12.4 Å². The largest absolute Gasteiger partial charge is 0.363 e. The lowest BCUT2D eigenvalue weighted by Crippen LogP contribution is -2.54. The first-order valence-electron chi connectivity index (χ1n) is 12.5. The first-order valence-corrected chi connectivity index (χ1v) is 12.5. The number of ether oxygens (including phenoxy) is 1. The van der Waals surface area contributed by atoms with Crippen molar-refractivity contribution in [2.75, 3.05) is 26.2 Å². The van der Waals surface area contributed by atoms with Crippen LogP contribution in [0.15, 0.2) is 54.6 Å². The molecule has 2 aromatic rings. The standard InChI is InChI=1S/C28H33FN2O3/c29-24-11-9-22(10-12-24)19-31-21-27(34-20-25(31)32)13-6-17-30(18-16-27)26(33)28(14-4-5-15-28)23-7-2-1-3-8-23/h1-3,7-12H,4-6,13-21H2/t27-/m0/s1. The van der Waals surface area contributed by atoms with E-state index in [9.17, 15) is 14.0 Å². The van der Waals surface area contributed by atoms with Crippen molar-refractivity contribution in [1.82, 2.24) is 9.80 Å². The molecule has 1 atom stereocenters. The summed E-state index contributed by atoms with van der Waals surface area (Å²) in [6.45, 7) is 2.39. The molecule has 3 fully saturated rings. The summed E-state index contributed by atoms with van der Waals surface area (Å²) >= 11 is 0. The number of hydrogen-bond acceptors (Lipinski definition) is 3. The van der Waals surface area contributed by atoms with Crippen molar-refractivity contribution >= 4 is 11.8 Å². The van der Waals surface area contributed by atoms with E-state index >= 15 is 0 Å². The summed E-state index contributed by atoms with van der Waals surface area (Å²) in [5.41, 5.74) is 1.21. The zero-order valence-corrected chi connectivity index (χ0v) is 19.7. The molecule has 34 heavy (non-hydrogen) atoms. The number of hydrogen-bond donors (Lipinski definition) is 0. The Bertz CT molecular complexity index is 1020. The number of halogens is 1. The third kappa shape index (κ3) is 4.48. The normalized spacial score (nSPS) is 24.9. The van der Waals surface area contributed by atoms with Crippen LogP contribution in [-0.4, -0.2) is 53.5 Å². The Hall–Kier alpha value is -2.73. The third-order valence-corrected chi connectivity index (χ3v) is 8.00. The highest BCUT2D eigenvalue weighted by molar-refractivity contribution is 5.88. The van der Waals surface area contributed by atoms with Gasteiger partial charge < -0.3 is 14.5 Å². The summed E-state index contributed by atoms with van der Waals surface area (Å²) in [5.74, 6) is -0.0676. The van der Waals surface area contributed by atoms with Crippen LogP contribution in [0, 0.1) is 5.82 Å². The van der Waals surface area contributed by atoms with E-state index < -0.39 is 11.0 Å². The average molecular weight is 465 g/mol. The SMILES string of the molecule is O=C1CO[C@]2(CCCN(C(=O)C3(c4ccccc4)CCCC3)CC2)CN1Cc1ccc(F)cc1. The molecule has 0 aromatic heterocycles. The molecule has 2 amide bonds. The molecule has 3 aliphatic rings. The van der Waals surface area contributed by atoms with E-state index in [1.54, 1.807) is 12.1 Å². The van der Waals surface area contributed by atoms with E-state index in [-0.39, 0.29) is 24.2 Å². The van der Waals surface area contributed by atoms with Crippen molar-refractivity contribution in [3.63, 3.8) is 0 Å². The maximum Gasteiger partial charge on any atom is 0.248 e. The van der Waals surface area contributed by atoms with Gasteiger partial charge in [-0.3, -0.25) is 9.59 Å². The molecule has 5 nitrogen and oxygen atoms in total. The number of carbonyl (C=O) groups excluding carboxylic acids is 2. The van der Waals surface area contributed by atoms with E-state index in [4.69, 9.17) is 4.74 Å². The van der Waals surface area contributed by atoms with Crippen molar-refractivity contribution < 1.29 is 18.7 Å². The van der Waals surface area contributed by atoms with Crippen LogP contribution in [0.5, 0.6) is 0 Å². The molecule has 6 heteroatoms. The Morgan fingerprint density at radius 2 is 1.65 bits per heavy atom. The minimum absolute atomic E-state index is 0.0406. The first-order chi connectivity index (χ1) is 16.5. The molecule has 0 radical (unpaired) electrons. The highest BCUT2D eigenvalue weighted by Crippen LogP contribution is 2.43. The van der Waals surface area contributed by atoms with Gasteiger partial charge in [-0.25, -0.2) is 4.39 Å². The second-order valence-corrected chi connectivity index (χ2v) is 10.1. The van der Waals surface area contributed by atoms with E-state index in [0.717, 1.165) is 62.6 Å². The summed E-state index contributed by atoms with van der Waals surface area (Å²) in [7, 11) is 0. The Morgan fingerprint density at radius 1 is 0.912 bits per heavy atom. The molecule has 1 saturated carbocycles. The number of rotatable bonds is 4. The topological polar surface area (TPSA) is 49.9 Å². The molecule has 0 bridgehead atoms. The lowest BCUT2D eigenvalue weighted by molar-refractivity contribution is -0.167. The van der Waals surface area contributed by atoms with Gasteiger partial charge >= 0.3 is 0 Å². The zero-order chi connectivity index (χ0) is 23.6. The highest BCUT2D eigenvalue weighted by atomic mass is 19.1. The molecule has 1 spiro atoms. The van der Waals surface area contributed by atoms with Gasteiger partial charge in [0.2, 0.25) is 11.8 Å². The fourth-order valence-electron chi connectivity index (χ4n) is 6.08. The van der Waals surface area contributed by atoms with Crippen molar-refractivity contribution in [1.29, 1.82) is 0 Å². The van der Waals surface area contributed by atoms with Gasteiger partial charge in [-0.05, 0) is 55.4 Å². The summed E-state index contributed by atoms with van der Waals surface area (Å²) in [5, 5.41) is 0. The Morgan fingerprint density at radius 3 is 2.38 bits per heavy atom. The predicted octanol–water partition coefficient (Wildman–Crippen LogP) is 4.45. The van der Waals surface area contributed by atoms with Gasteiger partial charge in [-0.15, -0.1) is 0 Å². The maximum absolute atomic E-state index is 13.9. The fraction of sp³-hybridized carbons (Fsp3) is 0.500. The lowest BCUT2D eigenvalue weighted by Gasteiger charge is -2.42. The molecule has 1 aliphatic carbocycles. The predicted molar refractivity (Wildman–Crippen MR) is 128 cm³/mol. The molecule has 5 rings (SSSR count). The fourth-order valence-corrected chi connectivity index (χ4v) is 6.08. The van der Waals surface area contributed by atoms with E-state index in [1.165, 1.54) is 12.1 Å². The van der Waals surface area contributed by atoms with Crippen molar-refractivity contribution in [2.45, 2.75) is 62.5 Å². The summed E-state index contributed by atoms with van der Waals surface area (Å²) in [4.78, 5) is 30.4. The number of amides is 2. The molecule has 180 valence electrons. The van der Waals surface area contributed by atoms with Crippen molar-refractivity contribution in [3.05, 3.63) is 71.5 Å². The quantitative estimate of drug-likeness (QED) is 0.672. The van der Waals surface area contributed by atoms with Gasteiger partial charge in [-0.2, -0.15) is 0 Å². The van der Waals surface area contributed by atoms with Crippen LogP contribution < -0.4 is 0 Å². The van der Waals surface area contributed by atoms with Gasteiger partial charge in [-0.1, -0.05) is 55.3 Å². The average Bonchev–Trinajstić information content (AvgIpc) is 3.28. The number of nitrogens with zero attached hydrogens (tertiary/aromatic N) is 2. The van der Waals surface area contributed by atoms with E-state index in [1.807, 2.05) is 23.1 Å². The summed E-state index contributed by atoms with van der Waals surface area (Å²) in [6.07, 6.45) is 6.39. The molecular formula is C28H33FN2O3. The van der Waals surface area contributed by atoms with E-state index in [0.29, 0.717) is 19.6 Å². The van der Waals surface area contributed by atoms with Crippen LogP contribution >= 0.6 is 0 Å². The van der Waals surface area contributed by atoms with E-state index in [2.05, 4.69) is 17.0 Å². The Labute approximate surface area is 200 Å². The number of morpholine rings is 1. The second kappa shape index (κ2) is 9.49. The second-order valence-electron chi connectivity index (χ2n) is 10.1. The third-order valence-electron chi connectivity index (χ3n) is 8.00. The lowest BCUT2D eigenvalue weighted by atomic mass is 9.77. The molecule has 0 N–H and O–H groups in total. The smallest absolute Gasteiger partial charge is 0.248 e. The summed E-state index contributed by atoms with van der Waals surface area (Å²) < 4.78 is 19.4. The van der Waals surface area contributed by atoms with Gasteiger partial charge in [0, 0.05) is 19.6 Å². The van der Waals surface area contributed by atoms with Gasteiger partial charge in [0.15, 0.2) is 0 Å². The van der Waals surface area contributed by atoms with Crippen LogP contribution in [0.4, 0.5) is 4.39 Å². The van der Waals surface area contributed by atoms with Crippen LogP contribution in [-0.2, 0) is 26.3 Å². The minimum Gasteiger partial charge on any atom is -0.363 e. The molecule has 2 saturated heterocycles. The molecule has 0 unspecified atom stereocenters. The van der Waals surface area contributed by atoms with Crippen molar-refractivity contribution in [2.24, 2.45) is 0 Å². The number of carbonyl (C=O) groups is 2. The number of benzene rings is 2. The van der Waals surface area contributed by atoms with Crippen LogP contribution in [0.1, 0.15) is 56.1 Å². The van der Waals surface area contributed by atoms with Crippen LogP contribution in [0.2, 0.25) is 0 Å². The maximum atomic E-state index is 13.9. The molecule has 2 heterocycles. The molecule has 2 aliphatic heterocycles. The Balaban J connectivity index is 1.29. The summed E-state index contributed by atoms with van der Waals surface area (Å²) in [6, 6.07) is 16.6. The molecular weight excluding hydrogens is 431 g/mol. The molecule has 2 aromatic carbocycles. The first kappa shape index (κ1) is 23.0. The minimum atomic E-state index is -0.432. The Kier molecular flexibility index (Phi) is 6.43. The monoisotopic (exact) mass is 464 g/mol.